The number of fused-ring (bicyclic) bond motifs is 1. The Hall–Kier alpha value is -3.86. The van der Waals surface area contributed by atoms with E-state index in [0.717, 1.165) is 35.5 Å². The molecule has 0 aliphatic carbocycles. The molecule has 1 N–H and O–H groups in total. The number of hydrogen-bond acceptors (Lipinski definition) is 9. The second-order valence-corrected chi connectivity index (χ2v) is 9.52. The van der Waals surface area contributed by atoms with Crippen molar-refractivity contribution in [1.82, 2.24) is 34.2 Å². The third-order valence-corrected chi connectivity index (χ3v) is 6.19. The van der Waals surface area contributed by atoms with Crippen LogP contribution in [0.3, 0.4) is 0 Å². The lowest BCUT2D eigenvalue weighted by molar-refractivity contribution is 0.324. The number of nitrogens with zero attached hydrogens (tertiary/aromatic N) is 7. The van der Waals surface area contributed by atoms with Crippen LogP contribution in [0.5, 0.6) is 17.2 Å². The van der Waals surface area contributed by atoms with Gasteiger partial charge in [0.05, 0.1) is 44.8 Å². The molecule has 1 atom stereocenters. The van der Waals surface area contributed by atoms with Crippen LogP contribution in [0.15, 0.2) is 30.9 Å². The fraction of sp³-hybridized carbons (Fsp3) is 0.462. The van der Waals surface area contributed by atoms with Crippen molar-refractivity contribution in [3.05, 3.63) is 36.7 Å². The van der Waals surface area contributed by atoms with E-state index in [1.807, 2.05) is 33.8 Å². The predicted octanol–water partition coefficient (Wildman–Crippen LogP) is 4.42. The van der Waals surface area contributed by atoms with Gasteiger partial charge in [0.25, 0.3) is 0 Å². The molecule has 4 rings (SSSR count). The van der Waals surface area contributed by atoms with Crippen LogP contribution in [-0.4, -0.2) is 76.2 Å². The highest BCUT2D eigenvalue weighted by atomic mass is 16.5. The summed E-state index contributed by atoms with van der Waals surface area (Å²) in [6.07, 6.45) is 6.36. The van der Waals surface area contributed by atoms with Gasteiger partial charge in [0.15, 0.2) is 17.1 Å². The Kier molecular flexibility index (Phi) is 7.82. The van der Waals surface area contributed by atoms with Crippen molar-refractivity contribution in [2.45, 2.75) is 39.2 Å². The minimum atomic E-state index is 0.171. The summed E-state index contributed by atoms with van der Waals surface area (Å²) in [5.41, 5.74) is 1.62. The number of imidazole rings is 1. The first kappa shape index (κ1) is 26.2. The first-order chi connectivity index (χ1) is 17.7. The van der Waals surface area contributed by atoms with E-state index in [1.54, 1.807) is 27.7 Å². The zero-order chi connectivity index (χ0) is 26.7. The number of benzene rings is 1. The van der Waals surface area contributed by atoms with Crippen LogP contribution in [0, 0.1) is 0 Å². The average Bonchev–Trinajstić information content (AvgIpc) is 3.53. The fourth-order valence-corrected chi connectivity index (χ4v) is 4.08. The van der Waals surface area contributed by atoms with E-state index in [1.165, 1.54) is 0 Å². The summed E-state index contributed by atoms with van der Waals surface area (Å²) in [4.78, 5) is 16.6. The van der Waals surface area contributed by atoms with E-state index in [4.69, 9.17) is 24.2 Å². The van der Waals surface area contributed by atoms with Crippen molar-refractivity contribution in [3.8, 4) is 22.9 Å². The van der Waals surface area contributed by atoms with Crippen molar-refractivity contribution in [1.29, 1.82) is 0 Å². The summed E-state index contributed by atoms with van der Waals surface area (Å²) >= 11 is 0. The minimum Gasteiger partial charge on any atom is -0.493 e. The zero-order valence-electron chi connectivity index (χ0n) is 22.8. The summed E-state index contributed by atoms with van der Waals surface area (Å²) in [5.74, 6) is 3.94. The topological polar surface area (TPSA) is 104 Å². The number of aromatic nitrogens is 6. The number of anilines is 2. The van der Waals surface area contributed by atoms with E-state index < -0.39 is 0 Å². The maximum atomic E-state index is 5.50. The molecule has 11 heteroatoms. The molecule has 11 nitrogen and oxygen atoms in total. The van der Waals surface area contributed by atoms with E-state index in [-0.39, 0.29) is 12.0 Å². The Balaban J connectivity index is 1.70. The van der Waals surface area contributed by atoms with Gasteiger partial charge in [-0.25, -0.2) is 19.6 Å². The van der Waals surface area contributed by atoms with Gasteiger partial charge in [0.2, 0.25) is 5.75 Å². The van der Waals surface area contributed by atoms with E-state index in [0.29, 0.717) is 28.9 Å². The molecule has 0 spiro atoms. The monoisotopic (exact) mass is 508 g/mol. The van der Waals surface area contributed by atoms with Crippen LogP contribution in [-0.2, 0) is 0 Å². The van der Waals surface area contributed by atoms with Crippen LogP contribution in [0.2, 0.25) is 0 Å². The highest BCUT2D eigenvalue weighted by Crippen LogP contribution is 2.39. The number of ether oxygens (including phenoxy) is 3. The van der Waals surface area contributed by atoms with Gasteiger partial charge >= 0.3 is 0 Å². The van der Waals surface area contributed by atoms with Gasteiger partial charge in [-0.2, -0.15) is 5.10 Å². The molecule has 0 amide bonds. The van der Waals surface area contributed by atoms with E-state index in [2.05, 4.69) is 55.2 Å². The molecule has 0 saturated heterocycles. The van der Waals surface area contributed by atoms with Crippen molar-refractivity contribution < 1.29 is 14.2 Å². The van der Waals surface area contributed by atoms with Crippen molar-refractivity contribution >= 4 is 22.7 Å². The molecule has 3 aromatic heterocycles. The maximum absolute atomic E-state index is 5.50. The van der Waals surface area contributed by atoms with Crippen molar-refractivity contribution in [2.75, 3.05) is 47.3 Å². The van der Waals surface area contributed by atoms with Gasteiger partial charge < -0.3 is 29.0 Å². The largest absolute Gasteiger partial charge is 0.493 e. The highest BCUT2D eigenvalue weighted by molar-refractivity contribution is 5.88. The third-order valence-electron chi connectivity index (χ3n) is 6.19. The summed E-state index contributed by atoms with van der Waals surface area (Å²) in [7, 11) is 8.91. The molecule has 0 radical (unpaired) electrons. The van der Waals surface area contributed by atoms with Gasteiger partial charge in [0, 0.05) is 24.1 Å². The molecule has 0 aliphatic rings. The molecule has 4 aromatic rings. The second kappa shape index (κ2) is 11.0. The fourth-order valence-electron chi connectivity index (χ4n) is 4.08. The Bertz CT molecular complexity index is 1340. The van der Waals surface area contributed by atoms with Crippen LogP contribution in [0.4, 0.5) is 11.6 Å². The number of hydrogen-bond donors (Lipinski definition) is 1. The lowest BCUT2D eigenvalue weighted by Crippen LogP contribution is -2.16. The van der Waals surface area contributed by atoms with Gasteiger partial charge in [-0.05, 0) is 40.9 Å². The van der Waals surface area contributed by atoms with Crippen LogP contribution in [0.25, 0.3) is 16.7 Å². The van der Waals surface area contributed by atoms with Gasteiger partial charge in [-0.15, -0.1) is 0 Å². The zero-order valence-corrected chi connectivity index (χ0v) is 22.8. The Morgan fingerprint density at radius 2 is 1.70 bits per heavy atom. The maximum Gasteiger partial charge on any atom is 0.203 e. The number of nitrogens with one attached hydrogen (secondary N) is 1. The standard InChI is InChI=1S/C26H36N8O3/c1-16(2)34-26-19(13-28-34)25(30-24(31-26)17(3)9-10-32(4)5)29-22-14-33(15-27-22)18-11-20(35-6)23(37-8)21(12-18)36-7/h11-17H,9-10H2,1-8H3,(H,29,30,31). The third kappa shape index (κ3) is 5.46. The van der Waals surface area contributed by atoms with Crippen LogP contribution < -0.4 is 19.5 Å². The quantitative estimate of drug-likeness (QED) is 0.315. The summed E-state index contributed by atoms with van der Waals surface area (Å²) < 4.78 is 20.2. The molecule has 0 bridgehead atoms. The Morgan fingerprint density at radius 3 is 2.30 bits per heavy atom. The summed E-state index contributed by atoms with van der Waals surface area (Å²) in [5, 5.41) is 8.82. The molecule has 1 aromatic carbocycles. The number of rotatable bonds is 11. The molecule has 0 fully saturated rings. The minimum absolute atomic E-state index is 0.171. The van der Waals surface area contributed by atoms with E-state index in [9.17, 15) is 0 Å². The molecule has 0 saturated carbocycles. The normalized spacial score (nSPS) is 12.4. The Morgan fingerprint density at radius 1 is 1.00 bits per heavy atom. The lowest BCUT2D eigenvalue weighted by Gasteiger charge is -2.16. The number of methoxy groups -OCH3 is 3. The van der Waals surface area contributed by atoms with Gasteiger partial charge in [0.1, 0.15) is 23.8 Å². The Labute approximate surface area is 217 Å². The lowest BCUT2D eigenvalue weighted by atomic mass is 10.1. The van der Waals surface area contributed by atoms with Crippen LogP contribution in [0.1, 0.15) is 45.0 Å². The predicted molar refractivity (Wildman–Crippen MR) is 144 cm³/mol. The molecular formula is C26H36N8O3. The van der Waals surface area contributed by atoms with E-state index >= 15 is 0 Å². The molecule has 198 valence electrons. The van der Waals surface area contributed by atoms with Crippen molar-refractivity contribution in [3.63, 3.8) is 0 Å². The average molecular weight is 509 g/mol. The smallest absolute Gasteiger partial charge is 0.203 e. The summed E-state index contributed by atoms with van der Waals surface area (Å²) in [6.45, 7) is 7.30. The molecule has 1 unspecified atom stereocenters. The van der Waals surface area contributed by atoms with Crippen LogP contribution >= 0.6 is 0 Å². The summed E-state index contributed by atoms with van der Waals surface area (Å²) in [6, 6.07) is 3.91. The molecule has 0 aliphatic heterocycles. The molecular weight excluding hydrogens is 472 g/mol. The highest BCUT2D eigenvalue weighted by Gasteiger charge is 2.19. The molecule has 3 heterocycles. The van der Waals surface area contributed by atoms with Crippen molar-refractivity contribution in [2.24, 2.45) is 0 Å². The first-order valence-corrected chi connectivity index (χ1v) is 12.3. The van der Waals surface area contributed by atoms with Gasteiger partial charge in [-0.1, -0.05) is 6.92 Å². The SMILES string of the molecule is COc1cc(-n2cnc(Nc3nc(C(C)CCN(C)C)nc4c3cnn4C(C)C)c2)cc(OC)c1OC. The van der Waals surface area contributed by atoms with Gasteiger partial charge in [-0.3, -0.25) is 0 Å². The first-order valence-electron chi connectivity index (χ1n) is 12.3. The molecule has 37 heavy (non-hydrogen) atoms. The second-order valence-electron chi connectivity index (χ2n) is 9.52.